The van der Waals surface area contributed by atoms with Gasteiger partial charge in [0.1, 0.15) is 35.1 Å². The molecule has 0 spiro atoms. The Balaban J connectivity index is 1.44. The Hall–Kier alpha value is -4.09. The number of fused-ring (bicyclic) bond motifs is 2. The van der Waals surface area contributed by atoms with Gasteiger partial charge in [-0.05, 0) is 30.3 Å². The van der Waals surface area contributed by atoms with Gasteiger partial charge in [-0.25, -0.2) is 9.97 Å². The maximum atomic E-state index is 12.1. The van der Waals surface area contributed by atoms with Gasteiger partial charge in [0.2, 0.25) is 5.91 Å². The fourth-order valence-corrected chi connectivity index (χ4v) is 4.06. The molecule has 5 rings (SSSR count). The van der Waals surface area contributed by atoms with Crippen LogP contribution in [0.2, 0.25) is 5.02 Å². The zero-order valence-corrected chi connectivity index (χ0v) is 18.0. The SMILES string of the molecule is CN1C(=O)Cc2c(Oc3ccc(Nc4ncnc5cc(C#N)n(C)c45)cc3Cl)cccc21. The van der Waals surface area contributed by atoms with Crippen molar-refractivity contribution in [1.29, 1.82) is 5.26 Å². The molecule has 1 amide bonds. The first-order chi connectivity index (χ1) is 15.5. The number of carbonyl (C=O) groups excluding carboxylic acids is 1. The van der Waals surface area contributed by atoms with E-state index in [0.717, 1.165) is 11.3 Å². The second kappa shape index (κ2) is 7.55. The molecule has 1 N–H and O–H groups in total. The first-order valence-corrected chi connectivity index (χ1v) is 10.2. The number of nitrogens with one attached hydrogen (secondary N) is 1. The van der Waals surface area contributed by atoms with Crippen molar-refractivity contribution in [2.75, 3.05) is 17.3 Å². The molecule has 158 valence electrons. The van der Waals surface area contributed by atoms with Gasteiger partial charge in [-0.15, -0.1) is 0 Å². The molecule has 0 atom stereocenters. The Morgan fingerprint density at radius 1 is 1.16 bits per heavy atom. The average molecular weight is 445 g/mol. The number of hydrogen-bond acceptors (Lipinski definition) is 6. The lowest BCUT2D eigenvalue weighted by atomic mass is 10.1. The van der Waals surface area contributed by atoms with E-state index in [-0.39, 0.29) is 5.91 Å². The van der Waals surface area contributed by atoms with E-state index >= 15 is 0 Å². The molecule has 3 heterocycles. The lowest BCUT2D eigenvalue weighted by molar-refractivity contribution is -0.117. The molecule has 1 aliphatic heterocycles. The highest BCUT2D eigenvalue weighted by atomic mass is 35.5. The van der Waals surface area contributed by atoms with Crippen LogP contribution >= 0.6 is 11.6 Å². The van der Waals surface area contributed by atoms with Crippen molar-refractivity contribution in [2.24, 2.45) is 7.05 Å². The van der Waals surface area contributed by atoms with E-state index in [4.69, 9.17) is 16.3 Å². The number of hydrogen-bond donors (Lipinski definition) is 1. The fourth-order valence-electron chi connectivity index (χ4n) is 3.84. The van der Waals surface area contributed by atoms with Gasteiger partial charge in [0.25, 0.3) is 0 Å². The van der Waals surface area contributed by atoms with Crippen LogP contribution in [0.15, 0.2) is 48.8 Å². The van der Waals surface area contributed by atoms with Crippen LogP contribution < -0.4 is 15.0 Å². The van der Waals surface area contributed by atoms with Crippen LogP contribution in [0, 0.1) is 11.3 Å². The smallest absolute Gasteiger partial charge is 0.231 e. The number of nitrogens with zero attached hydrogens (tertiary/aromatic N) is 5. The summed E-state index contributed by atoms with van der Waals surface area (Å²) in [5, 5.41) is 12.9. The number of ether oxygens (including phenoxy) is 1. The molecule has 8 nitrogen and oxygen atoms in total. The third kappa shape index (κ3) is 3.20. The van der Waals surface area contributed by atoms with E-state index in [0.29, 0.717) is 51.2 Å². The van der Waals surface area contributed by atoms with Gasteiger partial charge in [0.05, 0.1) is 22.6 Å². The summed E-state index contributed by atoms with van der Waals surface area (Å²) >= 11 is 6.51. The van der Waals surface area contributed by atoms with E-state index in [1.165, 1.54) is 6.33 Å². The lowest BCUT2D eigenvalue weighted by Gasteiger charge is -2.14. The molecule has 32 heavy (non-hydrogen) atoms. The van der Waals surface area contributed by atoms with Crippen molar-refractivity contribution in [3.05, 3.63) is 65.1 Å². The molecule has 2 aromatic heterocycles. The number of anilines is 3. The summed E-state index contributed by atoms with van der Waals surface area (Å²) in [5.74, 6) is 1.67. The number of amides is 1. The molecular formula is C23H17ClN6O2. The predicted molar refractivity (Wildman–Crippen MR) is 122 cm³/mol. The number of likely N-dealkylation sites (N-methyl/N-ethyl adjacent to an activating group) is 1. The molecule has 2 aromatic carbocycles. The van der Waals surface area contributed by atoms with Gasteiger partial charge in [0, 0.05) is 31.4 Å². The summed E-state index contributed by atoms with van der Waals surface area (Å²) in [7, 11) is 3.54. The maximum absolute atomic E-state index is 12.1. The molecule has 0 saturated carbocycles. The van der Waals surface area contributed by atoms with Gasteiger partial charge in [-0.1, -0.05) is 17.7 Å². The zero-order valence-electron chi connectivity index (χ0n) is 17.3. The Bertz CT molecular complexity index is 1440. The second-order valence-electron chi connectivity index (χ2n) is 7.41. The van der Waals surface area contributed by atoms with Gasteiger partial charge in [-0.3, -0.25) is 4.79 Å². The minimum absolute atomic E-state index is 0.0260. The van der Waals surface area contributed by atoms with Crippen molar-refractivity contribution >= 4 is 45.7 Å². The van der Waals surface area contributed by atoms with Gasteiger partial charge >= 0.3 is 0 Å². The highest BCUT2D eigenvalue weighted by Gasteiger charge is 2.27. The Morgan fingerprint density at radius 3 is 2.78 bits per heavy atom. The number of aryl methyl sites for hydroxylation is 1. The van der Waals surface area contributed by atoms with Crippen LogP contribution in [-0.2, 0) is 18.3 Å². The number of aromatic nitrogens is 3. The molecule has 1 aliphatic rings. The molecule has 9 heteroatoms. The van der Waals surface area contributed by atoms with Crippen molar-refractivity contribution in [2.45, 2.75) is 6.42 Å². The van der Waals surface area contributed by atoms with E-state index in [9.17, 15) is 10.1 Å². The van der Waals surface area contributed by atoms with E-state index in [1.807, 2.05) is 24.3 Å². The predicted octanol–water partition coefficient (Wildman–Crippen LogP) is 4.55. The minimum atomic E-state index is 0.0260. The number of rotatable bonds is 4. The topological polar surface area (TPSA) is 96.1 Å². The quantitative estimate of drug-likeness (QED) is 0.496. The number of nitriles is 1. The zero-order chi connectivity index (χ0) is 22.4. The van der Waals surface area contributed by atoms with Gasteiger partial charge < -0.3 is 19.5 Å². The van der Waals surface area contributed by atoms with Gasteiger partial charge in [-0.2, -0.15) is 5.26 Å². The summed E-state index contributed by atoms with van der Waals surface area (Å²) < 4.78 is 7.80. The molecule has 4 aromatic rings. The van der Waals surface area contributed by atoms with Crippen LogP contribution in [0.5, 0.6) is 11.5 Å². The Morgan fingerprint density at radius 2 is 2.00 bits per heavy atom. The first-order valence-electron chi connectivity index (χ1n) is 9.79. The summed E-state index contributed by atoms with van der Waals surface area (Å²) in [6.45, 7) is 0. The standard InChI is InChI=1S/C23H17ClN6O2/c1-29-14(11-25)9-17-22(29)23(27-12-26-17)28-13-6-7-20(16(24)8-13)32-19-5-3-4-18-15(19)10-21(31)30(18)2/h3-9,12H,10H2,1-2H3,(H,26,27,28). The van der Waals surface area contributed by atoms with E-state index in [1.54, 1.807) is 41.8 Å². The normalized spacial score (nSPS) is 12.7. The molecule has 0 aliphatic carbocycles. The van der Waals surface area contributed by atoms with E-state index < -0.39 is 0 Å². The summed E-state index contributed by atoms with van der Waals surface area (Å²) in [5.41, 5.74) is 4.27. The molecule has 0 fully saturated rings. The first kappa shape index (κ1) is 19.8. The molecule has 0 saturated heterocycles. The summed E-state index contributed by atoms with van der Waals surface area (Å²) in [6, 6.07) is 14.7. The third-order valence-corrected chi connectivity index (χ3v) is 5.82. The van der Waals surface area contributed by atoms with Crippen molar-refractivity contribution < 1.29 is 9.53 Å². The van der Waals surface area contributed by atoms with Crippen LogP contribution in [0.1, 0.15) is 11.3 Å². The largest absolute Gasteiger partial charge is 0.455 e. The van der Waals surface area contributed by atoms with Crippen LogP contribution in [0.25, 0.3) is 11.0 Å². The Kier molecular flexibility index (Phi) is 4.68. The summed E-state index contributed by atoms with van der Waals surface area (Å²) in [6.07, 6.45) is 1.74. The molecular weight excluding hydrogens is 428 g/mol. The second-order valence-corrected chi connectivity index (χ2v) is 7.82. The number of benzene rings is 2. The van der Waals surface area contributed by atoms with Crippen molar-refractivity contribution in [3.8, 4) is 17.6 Å². The highest BCUT2D eigenvalue weighted by molar-refractivity contribution is 6.32. The van der Waals surface area contributed by atoms with Crippen molar-refractivity contribution in [3.63, 3.8) is 0 Å². The van der Waals surface area contributed by atoms with Crippen LogP contribution in [-0.4, -0.2) is 27.5 Å². The van der Waals surface area contributed by atoms with Crippen LogP contribution in [0.4, 0.5) is 17.2 Å². The Labute approximate surface area is 188 Å². The highest BCUT2D eigenvalue weighted by Crippen LogP contribution is 2.39. The maximum Gasteiger partial charge on any atom is 0.231 e. The summed E-state index contributed by atoms with van der Waals surface area (Å²) in [4.78, 5) is 22.2. The number of halogens is 1. The molecule has 0 radical (unpaired) electrons. The van der Waals surface area contributed by atoms with Crippen LogP contribution in [0.3, 0.4) is 0 Å². The molecule has 0 bridgehead atoms. The third-order valence-electron chi connectivity index (χ3n) is 5.52. The minimum Gasteiger partial charge on any atom is -0.455 e. The monoisotopic (exact) mass is 444 g/mol. The number of carbonyl (C=O) groups is 1. The van der Waals surface area contributed by atoms with E-state index in [2.05, 4.69) is 21.4 Å². The lowest BCUT2D eigenvalue weighted by Crippen LogP contribution is -2.20. The fraction of sp³-hybridized carbons (Fsp3) is 0.130. The van der Waals surface area contributed by atoms with Crippen molar-refractivity contribution in [1.82, 2.24) is 14.5 Å². The molecule has 0 unspecified atom stereocenters. The van der Waals surface area contributed by atoms with Gasteiger partial charge in [0.15, 0.2) is 5.82 Å². The average Bonchev–Trinajstić information content (AvgIpc) is 3.27.